The van der Waals surface area contributed by atoms with E-state index in [4.69, 9.17) is 27.9 Å². The van der Waals surface area contributed by atoms with Gasteiger partial charge in [-0.15, -0.1) is 0 Å². The first-order chi connectivity index (χ1) is 10.8. The number of hydrogen-bond donors (Lipinski definition) is 0. The van der Waals surface area contributed by atoms with Crippen LogP contribution >= 0.6 is 39.1 Å². The fourth-order valence-electron chi connectivity index (χ4n) is 2.30. The van der Waals surface area contributed by atoms with Crippen molar-refractivity contribution >= 4 is 55.1 Å². The fourth-order valence-corrected chi connectivity index (χ4v) is 4.67. The van der Waals surface area contributed by atoms with Crippen LogP contribution in [0.1, 0.15) is 10.4 Å². The monoisotopic (exact) mass is 444 g/mol. The number of amides is 1. The molecule has 0 saturated carbocycles. The molecule has 0 bridgehead atoms. The Morgan fingerprint density at radius 3 is 2.17 bits per heavy atom. The van der Waals surface area contributed by atoms with Crippen molar-refractivity contribution in [2.45, 2.75) is 0 Å². The molecular formula is C13H15BrCl2N2O4S. The van der Waals surface area contributed by atoms with Gasteiger partial charge in [0.25, 0.3) is 5.91 Å². The van der Waals surface area contributed by atoms with E-state index in [-0.39, 0.29) is 33.7 Å². The molecule has 1 fully saturated rings. The maximum atomic E-state index is 12.5. The average molecular weight is 446 g/mol. The van der Waals surface area contributed by atoms with E-state index in [0.29, 0.717) is 24.4 Å². The third-order valence-electron chi connectivity index (χ3n) is 3.51. The molecule has 0 unspecified atom stereocenters. The van der Waals surface area contributed by atoms with E-state index in [2.05, 4.69) is 15.9 Å². The molecule has 23 heavy (non-hydrogen) atoms. The summed E-state index contributed by atoms with van der Waals surface area (Å²) in [6.45, 7) is 1.15. The Hall–Kier alpha value is -0.540. The molecule has 0 spiro atoms. The summed E-state index contributed by atoms with van der Waals surface area (Å²) >= 11 is 15.1. The van der Waals surface area contributed by atoms with Crippen molar-refractivity contribution in [2.75, 3.05) is 38.0 Å². The zero-order chi connectivity index (χ0) is 17.2. The predicted octanol–water partition coefficient (Wildman–Crippen LogP) is 2.44. The van der Waals surface area contributed by atoms with Crippen LogP contribution in [-0.4, -0.2) is 61.5 Å². The largest absolute Gasteiger partial charge is 0.494 e. The topological polar surface area (TPSA) is 66.9 Å². The third kappa shape index (κ3) is 4.11. The molecule has 6 nitrogen and oxygen atoms in total. The molecule has 1 aromatic rings. The first kappa shape index (κ1) is 18.8. The second kappa shape index (κ2) is 7.57. The van der Waals surface area contributed by atoms with Crippen LogP contribution < -0.4 is 4.74 Å². The third-order valence-corrected chi connectivity index (χ3v) is 7.23. The highest BCUT2D eigenvalue weighted by Gasteiger charge is 2.29. The van der Waals surface area contributed by atoms with Gasteiger partial charge in [0, 0.05) is 31.7 Å². The number of sulfonamides is 1. The van der Waals surface area contributed by atoms with Crippen LogP contribution in [0.4, 0.5) is 0 Å². The molecule has 1 amide bonds. The first-order valence-electron chi connectivity index (χ1n) is 6.66. The first-order valence-corrected chi connectivity index (χ1v) is 10.1. The minimum atomic E-state index is -3.30. The number of benzene rings is 1. The smallest absolute Gasteiger partial charge is 0.254 e. The van der Waals surface area contributed by atoms with E-state index in [0.717, 1.165) is 0 Å². The van der Waals surface area contributed by atoms with Crippen LogP contribution in [0.5, 0.6) is 5.75 Å². The van der Waals surface area contributed by atoms with Gasteiger partial charge in [-0.05, 0) is 12.1 Å². The molecule has 128 valence electrons. The minimum Gasteiger partial charge on any atom is -0.494 e. The van der Waals surface area contributed by atoms with Crippen molar-refractivity contribution in [1.82, 2.24) is 9.21 Å². The maximum absolute atomic E-state index is 12.5. The molecule has 1 saturated heterocycles. The maximum Gasteiger partial charge on any atom is 0.254 e. The van der Waals surface area contributed by atoms with E-state index in [1.54, 1.807) is 4.90 Å². The summed E-state index contributed by atoms with van der Waals surface area (Å²) in [6, 6.07) is 2.99. The summed E-state index contributed by atoms with van der Waals surface area (Å²) in [5.41, 5.74) is 0.345. The van der Waals surface area contributed by atoms with E-state index < -0.39 is 10.0 Å². The number of halogens is 3. The second-order valence-corrected chi connectivity index (χ2v) is 8.97. The van der Waals surface area contributed by atoms with Crippen molar-refractivity contribution in [2.24, 2.45) is 0 Å². The fraction of sp³-hybridized carbons (Fsp3) is 0.462. The van der Waals surface area contributed by atoms with Gasteiger partial charge < -0.3 is 9.64 Å². The zero-order valence-corrected chi connectivity index (χ0v) is 16.2. The summed E-state index contributed by atoms with van der Waals surface area (Å²) in [4.78, 5) is 14.1. The number of hydrogen-bond acceptors (Lipinski definition) is 4. The van der Waals surface area contributed by atoms with Crippen LogP contribution in [0.15, 0.2) is 12.1 Å². The standard InChI is InChI=1S/C13H15BrCl2N2O4S/c1-22-12-10(15)6-9(7-11(12)16)13(19)17-2-4-18(5-3-17)23(20,21)8-14/h6-7H,2-5,8H2,1H3. The van der Waals surface area contributed by atoms with Gasteiger partial charge in [-0.1, -0.05) is 39.1 Å². The Morgan fingerprint density at radius 1 is 1.22 bits per heavy atom. The lowest BCUT2D eigenvalue weighted by Gasteiger charge is -2.33. The van der Waals surface area contributed by atoms with Crippen molar-refractivity contribution in [3.05, 3.63) is 27.7 Å². The number of alkyl halides is 1. The molecule has 0 N–H and O–H groups in total. The van der Waals surface area contributed by atoms with Crippen LogP contribution in [0, 0.1) is 0 Å². The summed E-state index contributed by atoms with van der Waals surface area (Å²) in [5, 5.41) is 0.507. The Morgan fingerprint density at radius 2 is 1.74 bits per heavy atom. The van der Waals surface area contributed by atoms with Crippen LogP contribution in [0.2, 0.25) is 10.0 Å². The molecule has 1 aliphatic heterocycles. The van der Waals surface area contributed by atoms with Gasteiger partial charge in [0.1, 0.15) is 4.66 Å². The molecule has 10 heteroatoms. The van der Waals surface area contributed by atoms with E-state index in [9.17, 15) is 13.2 Å². The number of rotatable bonds is 4. The van der Waals surface area contributed by atoms with Crippen LogP contribution in [-0.2, 0) is 10.0 Å². The van der Waals surface area contributed by atoms with E-state index in [1.165, 1.54) is 23.5 Å². The number of carbonyl (C=O) groups is 1. The van der Waals surface area contributed by atoms with Gasteiger partial charge >= 0.3 is 0 Å². The number of methoxy groups -OCH3 is 1. The number of nitrogens with zero attached hydrogens (tertiary/aromatic N) is 2. The van der Waals surface area contributed by atoms with Gasteiger partial charge in [0.2, 0.25) is 10.0 Å². The molecule has 0 aliphatic carbocycles. The summed E-state index contributed by atoms with van der Waals surface area (Å²) in [7, 11) is -1.86. The zero-order valence-electron chi connectivity index (χ0n) is 12.3. The molecular weight excluding hydrogens is 431 g/mol. The van der Waals surface area contributed by atoms with Gasteiger partial charge in [-0.2, -0.15) is 4.31 Å². The Balaban J connectivity index is 2.12. The highest BCUT2D eigenvalue weighted by Crippen LogP contribution is 2.34. The van der Waals surface area contributed by atoms with Crippen molar-refractivity contribution in [1.29, 1.82) is 0 Å². The average Bonchev–Trinajstić information content (AvgIpc) is 2.54. The quantitative estimate of drug-likeness (QED) is 0.667. The molecule has 0 atom stereocenters. The summed E-state index contributed by atoms with van der Waals surface area (Å²) in [5.74, 6) is 0.0745. The molecule has 1 heterocycles. The SMILES string of the molecule is COc1c(Cl)cc(C(=O)N2CCN(S(=O)(=O)CBr)CC2)cc1Cl. The Bertz CT molecular complexity index is 683. The highest BCUT2D eigenvalue weighted by molar-refractivity contribution is 9.10. The van der Waals surface area contributed by atoms with E-state index in [1.807, 2.05) is 0 Å². The van der Waals surface area contributed by atoms with Gasteiger partial charge in [-0.25, -0.2) is 8.42 Å². The molecule has 2 rings (SSSR count). The number of carbonyl (C=O) groups excluding carboxylic acids is 1. The molecule has 0 aromatic heterocycles. The van der Waals surface area contributed by atoms with Crippen molar-refractivity contribution < 1.29 is 17.9 Å². The van der Waals surface area contributed by atoms with Gasteiger partial charge in [0.15, 0.2) is 5.75 Å². The highest BCUT2D eigenvalue weighted by atomic mass is 79.9. The molecule has 0 radical (unpaired) electrons. The molecule has 1 aliphatic rings. The van der Waals surface area contributed by atoms with E-state index >= 15 is 0 Å². The molecule has 1 aromatic carbocycles. The lowest BCUT2D eigenvalue weighted by atomic mass is 10.1. The second-order valence-electron chi connectivity index (χ2n) is 4.89. The minimum absolute atomic E-state index is 0.127. The van der Waals surface area contributed by atoms with Crippen LogP contribution in [0.3, 0.4) is 0 Å². The van der Waals surface area contributed by atoms with Gasteiger partial charge in [0.05, 0.1) is 17.2 Å². The van der Waals surface area contributed by atoms with Crippen molar-refractivity contribution in [3.63, 3.8) is 0 Å². The van der Waals surface area contributed by atoms with Gasteiger partial charge in [-0.3, -0.25) is 4.79 Å². The normalized spacial score (nSPS) is 16.4. The Kier molecular flexibility index (Phi) is 6.18. The summed E-state index contributed by atoms with van der Waals surface area (Å²) in [6.07, 6.45) is 0. The van der Waals surface area contributed by atoms with Crippen molar-refractivity contribution in [3.8, 4) is 5.75 Å². The van der Waals surface area contributed by atoms with Crippen LogP contribution in [0.25, 0.3) is 0 Å². The lowest BCUT2D eigenvalue weighted by Crippen LogP contribution is -2.50. The number of ether oxygens (including phenoxy) is 1. The lowest BCUT2D eigenvalue weighted by molar-refractivity contribution is 0.0698. The number of piperazine rings is 1. The Labute approximate surface area is 153 Å². The summed E-state index contributed by atoms with van der Waals surface area (Å²) < 4.78 is 29.9. The predicted molar refractivity (Wildman–Crippen MR) is 93.2 cm³/mol.